The predicted octanol–water partition coefficient (Wildman–Crippen LogP) is 4.82. The number of rotatable bonds is 5. The first-order valence-electron chi connectivity index (χ1n) is 10.1. The molecule has 1 amide bonds. The van der Waals surface area contributed by atoms with Crippen molar-refractivity contribution in [1.29, 1.82) is 0 Å². The Labute approximate surface area is 169 Å². The van der Waals surface area contributed by atoms with Crippen LogP contribution >= 0.6 is 0 Å². The maximum absolute atomic E-state index is 13.8. The van der Waals surface area contributed by atoms with Crippen LogP contribution < -0.4 is 10.9 Å². The van der Waals surface area contributed by atoms with Gasteiger partial charge in [-0.25, -0.2) is 9.37 Å². The summed E-state index contributed by atoms with van der Waals surface area (Å²) in [6.45, 7) is 1.98. The monoisotopic (exact) mass is 392 g/mol. The lowest BCUT2D eigenvalue weighted by molar-refractivity contribution is -0.126. The first kappa shape index (κ1) is 19.3. The second-order valence-electron chi connectivity index (χ2n) is 7.79. The van der Waals surface area contributed by atoms with Gasteiger partial charge in [0.25, 0.3) is 0 Å². The highest BCUT2D eigenvalue weighted by Crippen LogP contribution is 2.40. The SMILES string of the molecule is CC(C(=O)NNc1ccccn1)[C@H]1CC[C@@H](c2ccnc3ccc(F)cc32)CC1. The van der Waals surface area contributed by atoms with Crippen LogP contribution in [0.4, 0.5) is 10.2 Å². The fraction of sp³-hybridized carbons (Fsp3) is 0.348. The highest BCUT2D eigenvalue weighted by Gasteiger charge is 2.30. The van der Waals surface area contributed by atoms with Gasteiger partial charge < -0.3 is 0 Å². The van der Waals surface area contributed by atoms with Gasteiger partial charge in [-0.15, -0.1) is 0 Å². The van der Waals surface area contributed by atoms with Crippen LogP contribution in [0.15, 0.2) is 54.9 Å². The van der Waals surface area contributed by atoms with Crippen LogP contribution in [0.25, 0.3) is 10.9 Å². The topological polar surface area (TPSA) is 66.9 Å². The number of hydrogen-bond donors (Lipinski definition) is 2. The molecule has 1 atom stereocenters. The molecule has 6 heteroatoms. The number of hydrazine groups is 1. The highest BCUT2D eigenvalue weighted by molar-refractivity contribution is 5.82. The Balaban J connectivity index is 1.37. The second-order valence-corrected chi connectivity index (χ2v) is 7.79. The molecular weight excluding hydrogens is 367 g/mol. The van der Waals surface area contributed by atoms with Crippen LogP contribution in [0, 0.1) is 17.7 Å². The molecule has 0 bridgehead atoms. The Morgan fingerprint density at radius 2 is 1.90 bits per heavy atom. The van der Waals surface area contributed by atoms with Gasteiger partial charge in [-0.1, -0.05) is 13.0 Å². The summed E-state index contributed by atoms with van der Waals surface area (Å²) >= 11 is 0. The van der Waals surface area contributed by atoms with E-state index < -0.39 is 0 Å². The maximum atomic E-state index is 13.8. The number of nitrogens with zero attached hydrogens (tertiary/aromatic N) is 2. The number of hydrogen-bond acceptors (Lipinski definition) is 4. The lowest BCUT2D eigenvalue weighted by Gasteiger charge is -2.32. The van der Waals surface area contributed by atoms with Crippen LogP contribution in [-0.2, 0) is 4.79 Å². The minimum absolute atomic E-state index is 0.0180. The average molecular weight is 392 g/mol. The molecule has 150 valence electrons. The molecule has 0 radical (unpaired) electrons. The van der Waals surface area contributed by atoms with Crippen molar-refractivity contribution in [2.75, 3.05) is 5.43 Å². The third kappa shape index (κ3) is 4.36. The summed E-state index contributed by atoms with van der Waals surface area (Å²) in [7, 11) is 0. The van der Waals surface area contributed by atoms with Crippen molar-refractivity contribution >= 4 is 22.6 Å². The van der Waals surface area contributed by atoms with E-state index in [0.717, 1.165) is 36.6 Å². The summed E-state index contributed by atoms with van der Waals surface area (Å²) < 4.78 is 13.8. The molecule has 1 aromatic carbocycles. The first-order valence-corrected chi connectivity index (χ1v) is 10.1. The van der Waals surface area contributed by atoms with Crippen molar-refractivity contribution in [1.82, 2.24) is 15.4 Å². The number of fused-ring (bicyclic) bond motifs is 1. The summed E-state index contributed by atoms with van der Waals surface area (Å²) in [5.41, 5.74) is 7.64. The highest BCUT2D eigenvalue weighted by atomic mass is 19.1. The van der Waals surface area contributed by atoms with Gasteiger partial charge in [0.05, 0.1) is 5.52 Å². The summed E-state index contributed by atoms with van der Waals surface area (Å²) in [5.74, 6) is 0.996. The van der Waals surface area contributed by atoms with Crippen LogP contribution in [0.5, 0.6) is 0 Å². The molecule has 1 aliphatic rings. The van der Waals surface area contributed by atoms with Crippen LogP contribution in [0.1, 0.15) is 44.1 Å². The first-order chi connectivity index (χ1) is 14.1. The van der Waals surface area contributed by atoms with Gasteiger partial charge in [0.15, 0.2) is 0 Å². The Hall–Kier alpha value is -3.02. The Kier molecular flexibility index (Phi) is 5.69. The molecule has 1 aliphatic carbocycles. The molecule has 29 heavy (non-hydrogen) atoms. The van der Waals surface area contributed by atoms with Gasteiger partial charge in [-0.2, -0.15) is 0 Å². The van der Waals surface area contributed by atoms with E-state index in [2.05, 4.69) is 20.8 Å². The van der Waals surface area contributed by atoms with E-state index in [0.29, 0.717) is 17.7 Å². The quantitative estimate of drug-likeness (QED) is 0.611. The number of anilines is 1. The standard InChI is InChI=1S/C23H25FN4O/c1-15(23(29)28-27-22-4-2-3-12-26-22)16-5-7-17(8-6-16)19-11-13-25-21-10-9-18(24)14-20(19)21/h2-4,9-17H,5-8H2,1H3,(H,26,27)(H,28,29)/t15?,16-,17+. The minimum atomic E-state index is -0.230. The Morgan fingerprint density at radius 1 is 1.07 bits per heavy atom. The number of halogens is 1. The molecule has 1 saturated carbocycles. The van der Waals surface area contributed by atoms with Crippen molar-refractivity contribution in [2.24, 2.45) is 11.8 Å². The van der Waals surface area contributed by atoms with Crippen molar-refractivity contribution in [3.05, 3.63) is 66.2 Å². The number of aromatic nitrogens is 2. The number of carbonyl (C=O) groups is 1. The van der Waals surface area contributed by atoms with Crippen molar-refractivity contribution < 1.29 is 9.18 Å². The Bertz CT molecular complexity index is 987. The molecule has 2 heterocycles. The molecule has 2 aromatic heterocycles. The smallest absolute Gasteiger partial charge is 0.241 e. The lowest BCUT2D eigenvalue weighted by Crippen LogP contribution is -2.38. The van der Waals surface area contributed by atoms with Crippen LogP contribution in [-0.4, -0.2) is 15.9 Å². The van der Waals surface area contributed by atoms with E-state index >= 15 is 0 Å². The zero-order valence-electron chi connectivity index (χ0n) is 16.4. The second kappa shape index (κ2) is 8.55. The number of benzene rings is 1. The molecule has 3 aromatic rings. The number of carbonyl (C=O) groups excluding carboxylic acids is 1. The molecule has 0 spiro atoms. The van der Waals surface area contributed by atoms with Crippen molar-refractivity contribution in [3.63, 3.8) is 0 Å². The fourth-order valence-electron chi connectivity index (χ4n) is 4.32. The normalized spacial score (nSPS) is 20.2. The average Bonchev–Trinajstić information content (AvgIpc) is 2.77. The molecule has 0 aliphatic heterocycles. The third-order valence-electron chi connectivity index (χ3n) is 6.05. The van der Waals surface area contributed by atoms with Gasteiger partial charge in [-0.05, 0) is 79.5 Å². The van der Waals surface area contributed by atoms with Gasteiger partial charge in [0.1, 0.15) is 11.6 Å². The summed E-state index contributed by atoms with van der Waals surface area (Å²) in [4.78, 5) is 21.0. The van der Waals surface area contributed by atoms with E-state index in [4.69, 9.17) is 0 Å². The van der Waals surface area contributed by atoms with Crippen LogP contribution in [0.3, 0.4) is 0 Å². The van der Waals surface area contributed by atoms with E-state index in [1.807, 2.05) is 25.1 Å². The zero-order chi connectivity index (χ0) is 20.2. The predicted molar refractivity (Wildman–Crippen MR) is 112 cm³/mol. The van der Waals surface area contributed by atoms with Gasteiger partial charge in [0, 0.05) is 23.7 Å². The number of nitrogens with one attached hydrogen (secondary N) is 2. The number of pyridine rings is 2. The molecule has 4 rings (SSSR count). The van der Waals surface area contributed by atoms with E-state index in [1.165, 1.54) is 11.6 Å². The fourth-order valence-corrected chi connectivity index (χ4v) is 4.32. The molecule has 0 saturated heterocycles. The Morgan fingerprint density at radius 3 is 2.66 bits per heavy atom. The van der Waals surface area contributed by atoms with Crippen molar-refractivity contribution in [3.8, 4) is 0 Å². The van der Waals surface area contributed by atoms with E-state index in [-0.39, 0.29) is 17.6 Å². The maximum Gasteiger partial charge on any atom is 0.241 e. The van der Waals surface area contributed by atoms with Gasteiger partial charge in [-0.3, -0.25) is 20.6 Å². The molecular formula is C23H25FN4O. The van der Waals surface area contributed by atoms with Gasteiger partial charge in [0.2, 0.25) is 5.91 Å². The zero-order valence-corrected chi connectivity index (χ0v) is 16.4. The van der Waals surface area contributed by atoms with E-state index in [9.17, 15) is 9.18 Å². The van der Waals surface area contributed by atoms with Crippen LogP contribution in [0.2, 0.25) is 0 Å². The number of amides is 1. The molecule has 1 fully saturated rings. The van der Waals surface area contributed by atoms with Crippen molar-refractivity contribution in [2.45, 2.75) is 38.5 Å². The summed E-state index contributed by atoms with van der Waals surface area (Å²) in [5, 5.41) is 0.904. The third-order valence-corrected chi connectivity index (χ3v) is 6.05. The molecule has 2 N–H and O–H groups in total. The molecule has 1 unspecified atom stereocenters. The summed E-state index contributed by atoms with van der Waals surface area (Å²) in [6, 6.07) is 12.3. The van der Waals surface area contributed by atoms with Gasteiger partial charge >= 0.3 is 0 Å². The van der Waals surface area contributed by atoms with E-state index in [1.54, 1.807) is 30.6 Å². The summed E-state index contributed by atoms with van der Waals surface area (Å²) in [6.07, 6.45) is 7.41. The minimum Gasteiger partial charge on any atom is -0.282 e. The largest absolute Gasteiger partial charge is 0.282 e. The molecule has 5 nitrogen and oxygen atoms in total. The lowest BCUT2D eigenvalue weighted by atomic mass is 9.73.